The molecule has 0 atom stereocenters. The van der Waals surface area contributed by atoms with Gasteiger partial charge >= 0.3 is 0 Å². The molecule has 0 amide bonds. The van der Waals surface area contributed by atoms with Crippen LogP contribution in [0.5, 0.6) is 0 Å². The number of nitrogens with zero attached hydrogens (tertiary/aromatic N) is 1. The topological polar surface area (TPSA) is 66.9 Å². The summed E-state index contributed by atoms with van der Waals surface area (Å²) in [6, 6.07) is 9.24. The third-order valence-corrected chi connectivity index (χ3v) is 2.82. The third-order valence-electron chi connectivity index (χ3n) is 2.82. The standard InChI is InChI=1S/C15H10F2N2O/c16-13-4-3-11(19)7-12(13)15(20)6-10-2-1-9(8-18)5-14(10)17/h1-5,7H,6,19H2. The number of benzene rings is 2. The molecule has 0 aliphatic carbocycles. The van der Waals surface area contributed by atoms with Crippen molar-refractivity contribution in [2.75, 3.05) is 5.73 Å². The number of rotatable bonds is 3. The molecule has 2 aromatic carbocycles. The van der Waals surface area contributed by atoms with Crippen molar-refractivity contribution in [2.45, 2.75) is 6.42 Å². The molecule has 100 valence electrons. The molecule has 0 saturated heterocycles. The van der Waals surface area contributed by atoms with Gasteiger partial charge in [-0.15, -0.1) is 0 Å². The summed E-state index contributed by atoms with van der Waals surface area (Å²) in [6.07, 6.45) is -0.294. The number of nitriles is 1. The number of Topliss-reactive ketones (excluding diaryl/α,β-unsaturated/α-hetero) is 1. The lowest BCUT2D eigenvalue weighted by Gasteiger charge is -2.05. The van der Waals surface area contributed by atoms with E-state index in [1.807, 2.05) is 0 Å². The van der Waals surface area contributed by atoms with Gasteiger partial charge in [0.05, 0.1) is 17.2 Å². The van der Waals surface area contributed by atoms with Crippen molar-refractivity contribution in [1.29, 1.82) is 5.26 Å². The van der Waals surface area contributed by atoms with Gasteiger partial charge in [-0.1, -0.05) is 6.07 Å². The van der Waals surface area contributed by atoms with E-state index in [9.17, 15) is 13.6 Å². The number of anilines is 1. The predicted octanol–water partition coefficient (Wildman–Crippen LogP) is 2.84. The van der Waals surface area contributed by atoms with Gasteiger partial charge in [0.25, 0.3) is 0 Å². The number of carbonyl (C=O) groups excluding carboxylic acids is 1. The minimum absolute atomic E-state index is 0.107. The molecule has 0 spiro atoms. The second kappa shape index (κ2) is 5.49. The zero-order valence-corrected chi connectivity index (χ0v) is 10.4. The fourth-order valence-corrected chi connectivity index (χ4v) is 1.78. The molecule has 5 heteroatoms. The molecular weight excluding hydrogens is 262 g/mol. The van der Waals surface area contributed by atoms with Crippen LogP contribution in [0.25, 0.3) is 0 Å². The molecule has 2 rings (SSSR count). The summed E-state index contributed by atoms with van der Waals surface area (Å²) >= 11 is 0. The third kappa shape index (κ3) is 2.81. The summed E-state index contributed by atoms with van der Waals surface area (Å²) in [7, 11) is 0. The first-order valence-corrected chi connectivity index (χ1v) is 5.78. The predicted molar refractivity (Wildman–Crippen MR) is 70.0 cm³/mol. The molecule has 0 saturated carbocycles. The van der Waals surface area contributed by atoms with Crippen molar-refractivity contribution in [3.05, 3.63) is 64.7 Å². The van der Waals surface area contributed by atoms with Crippen LogP contribution in [0.4, 0.5) is 14.5 Å². The highest BCUT2D eigenvalue weighted by Gasteiger charge is 2.15. The lowest BCUT2D eigenvalue weighted by Crippen LogP contribution is -2.08. The SMILES string of the molecule is N#Cc1ccc(CC(=O)c2cc(N)ccc2F)c(F)c1. The summed E-state index contributed by atoms with van der Waals surface area (Å²) in [5.74, 6) is -1.93. The Bertz CT molecular complexity index is 720. The summed E-state index contributed by atoms with van der Waals surface area (Å²) in [5, 5.41) is 8.63. The highest BCUT2D eigenvalue weighted by Crippen LogP contribution is 2.17. The van der Waals surface area contributed by atoms with Gasteiger partial charge in [0.1, 0.15) is 11.6 Å². The Kier molecular flexibility index (Phi) is 3.76. The highest BCUT2D eigenvalue weighted by molar-refractivity contribution is 5.98. The summed E-state index contributed by atoms with van der Waals surface area (Å²) in [4.78, 5) is 12.0. The van der Waals surface area contributed by atoms with E-state index in [4.69, 9.17) is 11.0 Å². The van der Waals surface area contributed by atoms with Gasteiger partial charge in [0, 0.05) is 12.1 Å². The van der Waals surface area contributed by atoms with Crippen molar-refractivity contribution in [2.24, 2.45) is 0 Å². The quantitative estimate of drug-likeness (QED) is 0.690. The average Bonchev–Trinajstić information content (AvgIpc) is 2.43. The van der Waals surface area contributed by atoms with E-state index in [-0.39, 0.29) is 28.8 Å². The minimum atomic E-state index is -0.696. The van der Waals surface area contributed by atoms with Crippen LogP contribution < -0.4 is 5.73 Å². The van der Waals surface area contributed by atoms with Crippen LogP contribution in [0.15, 0.2) is 36.4 Å². The molecule has 0 unspecified atom stereocenters. The molecule has 0 aliphatic rings. The number of nitrogens with two attached hydrogens (primary N) is 1. The van der Waals surface area contributed by atoms with Crippen LogP contribution in [0.1, 0.15) is 21.5 Å². The Morgan fingerprint density at radius 2 is 1.90 bits per heavy atom. The molecule has 2 aromatic rings. The number of ketones is 1. The first-order chi connectivity index (χ1) is 9.51. The van der Waals surface area contributed by atoms with Crippen molar-refractivity contribution in [3.63, 3.8) is 0 Å². The summed E-state index contributed by atoms with van der Waals surface area (Å²) < 4.78 is 27.2. The largest absolute Gasteiger partial charge is 0.399 e. The zero-order valence-electron chi connectivity index (χ0n) is 10.4. The van der Waals surface area contributed by atoms with Crippen LogP contribution in [-0.2, 0) is 6.42 Å². The number of carbonyl (C=O) groups is 1. The van der Waals surface area contributed by atoms with Gasteiger partial charge in [-0.3, -0.25) is 4.79 Å². The Labute approximate surface area is 114 Å². The van der Waals surface area contributed by atoms with E-state index in [1.165, 1.54) is 24.3 Å². The van der Waals surface area contributed by atoms with Crippen molar-refractivity contribution in [3.8, 4) is 6.07 Å². The van der Waals surface area contributed by atoms with E-state index in [1.54, 1.807) is 6.07 Å². The van der Waals surface area contributed by atoms with Gasteiger partial charge < -0.3 is 5.73 Å². The minimum Gasteiger partial charge on any atom is -0.399 e. The van der Waals surface area contributed by atoms with Crippen LogP contribution in [0.3, 0.4) is 0 Å². The second-order valence-corrected chi connectivity index (χ2v) is 4.26. The maximum absolute atomic E-state index is 13.7. The van der Waals surface area contributed by atoms with E-state index >= 15 is 0 Å². The Morgan fingerprint density at radius 3 is 2.55 bits per heavy atom. The maximum atomic E-state index is 13.7. The Morgan fingerprint density at radius 1 is 1.15 bits per heavy atom. The molecule has 3 nitrogen and oxygen atoms in total. The number of nitrogen functional groups attached to an aromatic ring is 1. The fraction of sp³-hybridized carbons (Fsp3) is 0.0667. The van der Waals surface area contributed by atoms with Crippen LogP contribution in [-0.4, -0.2) is 5.78 Å². The first kappa shape index (κ1) is 13.7. The van der Waals surface area contributed by atoms with Gasteiger partial charge in [0.2, 0.25) is 0 Å². The van der Waals surface area contributed by atoms with Gasteiger partial charge in [-0.2, -0.15) is 5.26 Å². The van der Waals surface area contributed by atoms with Gasteiger partial charge in [-0.25, -0.2) is 8.78 Å². The lowest BCUT2D eigenvalue weighted by atomic mass is 10.0. The lowest BCUT2D eigenvalue weighted by molar-refractivity contribution is 0.0988. The van der Waals surface area contributed by atoms with Crippen LogP contribution in [0.2, 0.25) is 0 Å². The molecule has 0 aliphatic heterocycles. The van der Waals surface area contributed by atoms with Crippen molar-refractivity contribution < 1.29 is 13.6 Å². The monoisotopic (exact) mass is 272 g/mol. The van der Waals surface area contributed by atoms with Crippen molar-refractivity contribution >= 4 is 11.5 Å². The van der Waals surface area contributed by atoms with Crippen molar-refractivity contribution in [1.82, 2.24) is 0 Å². The number of hydrogen-bond acceptors (Lipinski definition) is 3. The molecule has 2 N–H and O–H groups in total. The van der Waals surface area contributed by atoms with E-state index in [0.717, 1.165) is 12.1 Å². The summed E-state index contributed by atoms with van der Waals surface area (Å²) in [5.41, 5.74) is 5.85. The molecule has 0 radical (unpaired) electrons. The number of hydrogen-bond donors (Lipinski definition) is 1. The number of halogens is 2. The molecule has 0 bridgehead atoms. The van der Waals surface area contributed by atoms with Gasteiger partial charge in [-0.05, 0) is 35.9 Å². The second-order valence-electron chi connectivity index (χ2n) is 4.26. The van der Waals surface area contributed by atoms with Crippen LogP contribution in [0, 0.1) is 23.0 Å². The van der Waals surface area contributed by atoms with Crippen LogP contribution >= 0.6 is 0 Å². The average molecular weight is 272 g/mol. The highest BCUT2D eigenvalue weighted by atomic mass is 19.1. The molecule has 0 aromatic heterocycles. The fourth-order valence-electron chi connectivity index (χ4n) is 1.78. The van der Waals surface area contributed by atoms with Gasteiger partial charge in [0.15, 0.2) is 5.78 Å². The van der Waals surface area contributed by atoms with E-state index in [0.29, 0.717) is 0 Å². The Hall–Kier alpha value is -2.74. The van der Waals surface area contributed by atoms with E-state index in [2.05, 4.69) is 0 Å². The smallest absolute Gasteiger partial charge is 0.170 e. The first-order valence-electron chi connectivity index (χ1n) is 5.78. The summed E-state index contributed by atoms with van der Waals surface area (Å²) in [6.45, 7) is 0. The zero-order chi connectivity index (χ0) is 14.7. The van der Waals surface area contributed by atoms with E-state index < -0.39 is 17.4 Å². The molecule has 0 heterocycles. The molecule has 0 fully saturated rings. The normalized spacial score (nSPS) is 10.1. The molecular formula is C15H10F2N2O. The maximum Gasteiger partial charge on any atom is 0.170 e. The Balaban J connectivity index is 2.28. The molecule has 20 heavy (non-hydrogen) atoms.